The van der Waals surface area contributed by atoms with Crippen LogP contribution in [-0.4, -0.2) is 5.91 Å². The van der Waals surface area contributed by atoms with Crippen molar-refractivity contribution in [3.63, 3.8) is 0 Å². The molecule has 0 aliphatic carbocycles. The molecule has 0 bridgehead atoms. The highest BCUT2D eigenvalue weighted by molar-refractivity contribution is 5.90. The molecule has 112 valence electrons. The van der Waals surface area contributed by atoms with Gasteiger partial charge in [-0.3, -0.25) is 4.79 Å². The smallest absolute Gasteiger partial charge is 0.224 e. The molecule has 1 aromatic carbocycles. The number of carbonyl (C=O) groups excluding carboxylic acids is 1. The summed E-state index contributed by atoms with van der Waals surface area (Å²) in [6.07, 6.45) is 0.474. The Morgan fingerprint density at radius 1 is 1.24 bits per heavy atom. The van der Waals surface area contributed by atoms with Crippen molar-refractivity contribution in [3.05, 3.63) is 47.4 Å². The van der Waals surface area contributed by atoms with Gasteiger partial charge in [-0.2, -0.15) is 0 Å². The minimum absolute atomic E-state index is 0.0153. The van der Waals surface area contributed by atoms with Gasteiger partial charge in [-0.25, -0.2) is 0 Å². The fraction of sp³-hybridized carbons (Fsp3) is 0.353. The molecule has 0 fully saturated rings. The van der Waals surface area contributed by atoms with Gasteiger partial charge in [0.05, 0.1) is 6.04 Å². The largest absolute Gasteiger partial charge is 0.466 e. The molecule has 0 aliphatic heterocycles. The normalized spacial score (nSPS) is 12.0. The first-order chi connectivity index (χ1) is 9.99. The highest BCUT2D eigenvalue weighted by atomic mass is 16.3. The summed E-state index contributed by atoms with van der Waals surface area (Å²) in [5.41, 5.74) is 2.92. The number of anilines is 2. The minimum atomic E-state index is 0.0153. The average molecular weight is 286 g/mol. The van der Waals surface area contributed by atoms with Crippen LogP contribution in [0.1, 0.15) is 43.4 Å². The van der Waals surface area contributed by atoms with Crippen LogP contribution >= 0.6 is 0 Å². The van der Waals surface area contributed by atoms with Gasteiger partial charge in [0.25, 0.3) is 0 Å². The SMILES string of the molecule is CCC(=O)Nc1cccc(NC(C)c2cc(C)oc2C)c1. The molecule has 0 saturated carbocycles. The fourth-order valence-electron chi connectivity index (χ4n) is 2.34. The second-order valence-electron chi connectivity index (χ2n) is 5.22. The van der Waals surface area contributed by atoms with Gasteiger partial charge in [0.2, 0.25) is 5.91 Å². The van der Waals surface area contributed by atoms with Gasteiger partial charge in [0, 0.05) is 23.4 Å². The summed E-state index contributed by atoms with van der Waals surface area (Å²) in [7, 11) is 0. The van der Waals surface area contributed by atoms with Crippen molar-refractivity contribution in [2.24, 2.45) is 0 Å². The highest BCUT2D eigenvalue weighted by Crippen LogP contribution is 2.26. The molecule has 1 atom stereocenters. The summed E-state index contributed by atoms with van der Waals surface area (Å²) in [4.78, 5) is 11.4. The van der Waals surface area contributed by atoms with E-state index in [1.54, 1.807) is 0 Å². The van der Waals surface area contributed by atoms with E-state index >= 15 is 0 Å². The average Bonchev–Trinajstić information content (AvgIpc) is 2.78. The highest BCUT2D eigenvalue weighted by Gasteiger charge is 2.12. The van der Waals surface area contributed by atoms with Gasteiger partial charge in [0.1, 0.15) is 11.5 Å². The standard InChI is InChI=1S/C17H22N2O2/c1-5-17(20)19-15-8-6-7-14(10-15)18-12(3)16-9-11(2)21-13(16)4/h6-10,12,18H,5H2,1-4H3,(H,19,20). The van der Waals surface area contributed by atoms with Gasteiger partial charge in [-0.15, -0.1) is 0 Å². The number of furan rings is 1. The Bertz CT molecular complexity index is 631. The zero-order valence-electron chi connectivity index (χ0n) is 13.0. The van der Waals surface area contributed by atoms with Gasteiger partial charge in [-0.1, -0.05) is 13.0 Å². The Hall–Kier alpha value is -2.23. The van der Waals surface area contributed by atoms with Crippen LogP contribution < -0.4 is 10.6 Å². The molecule has 0 spiro atoms. The molecule has 0 saturated heterocycles. The van der Waals surface area contributed by atoms with Gasteiger partial charge in [-0.05, 0) is 45.0 Å². The first kappa shape index (κ1) is 15.2. The first-order valence-corrected chi connectivity index (χ1v) is 7.23. The summed E-state index contributed by atoms with van der Waals surface area (Å²) in [6.45, 7) is 7.85. The number of amides is 1. The molecule has 0 aliphatic rings. The number of rotatable bonds is 5. The van der Waals surface area contributed by atoms with Gasteiger partial charge in [0.15, 0.2) is 0 Å². The van der Waals surface area contributed by atoms with E-state index < -0.39 is 0 Å². The number of aryl methyl sites for hydroxylation is 2. The number of nitrogens with one attached hydrogen (secondary N) is 2. The van der Waals surface area contributed by atoms with Crippen LogP contribution in [0.2, 0.25) is 0 Å². The van der Waals surface area contributed by atoms with E-state index in [0.717, 1.165) is 28.5 Å². The number of benzene rings is 1. The molecule has 21 heavy (non-hydrogen) atoms. The third kappa shape index (κ3) is 3.88. The maximum atomic E-state index is 11.4. The Morgan fingerprint density at radius 3 is 2.57 bits per heavy atom. The quantitative estimate of drug-likeness (QED) is 0.855. The number of carbonyl (C=O) groups is 1. The summed E-state index contributed by atoms with van der Waals surface area (Å²) < 4.78 is 5.57. The van der Waals surface area contributed by atoms with Crippen molar-refractivity contribution in [2.75, 3.05) is 10.6 Å². The zero-order chi connectivity index (χ0) is 15.4. The van der Waals surface area contributed by atoms with E-state index in [9.17, 15) is 4.79 Å². The molecule has 1 amide bonds. The molecular weight excluding hydrogens is 264 g/mol. The van der Waals surface area contributed by atoms with E-state index in [2.05, 4.69) is 23.6 Å². The van der Waals surface area contributed by atoms with E-state index in [-0.39, 0.29) is 11.9 Å². The fourth-order valence-corrected chi connectivity index (χ4v) is 2.34. The lowest BCUT2D eigenvalue weighted by Gasteiger charge is -2.15. The summed E-state index contributed by atoms with van der Waals surface area (Å²) in [5, 5.41) is 6.30. The predicted molar refractivity (Wildman–Crippen MR) is 85.6 cm³/mol. The van der Waals surface area contributed by atoms with E-state index in [1.807, 2.05) is 45.0 Å². The van der Waals surface area contributed by atoms with Crippen molar-refractivity contribution < 1.29 is 9.21 Å². The monoisotopic (exact) mass is 286 g/mol. The Labute approximate surface area is 125 Å². The van der Waals surface area contributed by atoms with Crippen molar-refractivity contribution in [1.82, 2.24) is 0 Å². The minimum Gasteiger partial charge on any atom is -0.466 e. The zero-order valence-corrected chi connectivity index (χ0v) is 13.0. The van der Waals surface area contributed by atoms with Crippen molar-refractivity contribution >= 4 is 17.3 Å². The first-order valence-electron chi connectivity index (χ1n) is 7.23. The summed E-state index contributed by atoms with van der Waals surface area (Å²) in [5.74, 6) is 1.87. The summed E-state index contributed by atoms with van der Waals surface area (Å²) >= 11 is 0. The third-order valence-electron chi connectivity index (χ3n) is 3.40. The molecule has 1 heterocycles. The van der Waals surface area contributed by atoms with Crippen LogP contribution in [0, 0.1) is 13.8 Å². The predicted octanol–water partition coefficient (Wildman–Crippen LogP) is 4.42. The number of hydrogen-bond acceptors (Lipinski definition) is 3. The lowest BCUT2D eigenvalue weighted by Crippen LogP contribution is -2.10. The maximum absolute atomic E-state index is 11.4. The molecule has 1 unspecified atom stereocenters. The lowest BCUT2D eigenvalue weighted by atomic mass is 10.1. The molecular formula is C17H22N2O2. The maximum Gasteiger partial charge on any atom is 0.224 e. The molecule has 2 N–H and O–H groups in total. The van der Waals surface area contributed by atoms with Gasteiger partial charge < -0.3 is 15.1 Å². The molecule has 4 nitrogen and oxygen atoms in total. The van der Waals surface area contributed by atoms with Crippen LogP contribution in [0.25, 0.3) is 0 Å². The molecule has 2 aromatic rings. The Kier molecular flexibility index (Phi) is 4.68. The number of hydrogen-bond donors (Lipinski definition) is 2. The van der Waals surface area contributed by atoms with Crippen LogP contribution in [-0.2, 0) is 4.79 Å². The van der Waals surface area contributed by atoms with Crippen LogP contribution in [0.5, 0.6) is 0 Å². The van der Waals surface area contributed by atoms with E-state index in [1.165, 1.54) is 0 Å². The Balaban J connectivity index is 2.10. The van der Waals surface area contributed by atoms with Crippen molar-refractivity contribution in [2.45, 2.75) is 40.2 Å². The van der Waals surface area contributed by atoms with E-state index in [4.69, 9.17) is 4.42 Å². The second-order valence-corrected chi connectivity index (χ2v) is 5.22. The van der Waals surface area contributed by atoms with Crippen molar-refractivity contribution in [1.29, 1.82) is 0 Å². The van der Waals surface area contributed by atoms with Crippen LogP contribution in [0.4, 0.5) is 11.4 Å². The van der Waals surface area contributed by atoms with Crippen molar-refractivity contribution in [3.8, 4) is 0 Å². The van der Waals surface area contributed by atoms with Crippen LogP contribution in [0.15, 0.2) is 34.7 Å². The molecule has 0 radical (unpaired) electrons. The molecule has 1 aromatic heterocycles. The second kappa shape index (κ2) is 6.48. The topological polar surface area (TPSA) is 54.3 Å². The van der Waals surface area contributed by atoms with Crippen LogP contribution in [0.3, 0.4) is 0 Å². The Morgan fingerprint density at radius 2 is 1.95 bits per heavy atom. The van der Waals surface area contributed by atoms with E-state index in [0.29, 0.717) is 6.42 Å². The lowest BCUT2D eigenvalue weighted by molar-refractivity contribution is -0.115. The molecule has 2 rings (SSSR count). The molecule has 4 heteroatoms. The third-order valence-corrected chi connectivity index (χ3v) is 3.40. The van der Waals surface area contributed by atoms with Gasteiger partial charge >= 0.3 is 0 Å². The summed E-state index contributed by atoms with van der Waals surface area (Å²) in [6, 6.07) is 9.92.